The van der Waals surface area contributed by atoms with Gasteiger partial charge in [-0.1, -0.05) is 0 Å². The molecule has 1 N–H and O–H groups in total. The van der Waals surface area contributed by atoms with Gasteiger partial charge < -0.3 is 14.3 Å². The average Bonchev–Trinajstić information content (AvgIpc) is 2.29. The second-order valence-electron chi connectivity index (χ2n) is 3.26. The van der Waals surface area contributed by atoms with Crippen LogP contribution in [0.25, 0.3) is 11.0 Å². The van der Waals surface area contributed by atoms with Gasteiger partial charge in [-0.3, -0.25) is 4.79 Å². The van der Waals surface area contributed by atoms with Crippen LogP contribution in [0.1, 0.15) is 10.6 Å². The summed E-state index contributed by atoms with van der Waals surface area (Å²) in [4.78, 5) is 22.2. The summed E-state index contributed by atoms with van der Waals surface area (Å²) >= 11 is 0. The van der Waals surface area contributed by atoms with E-state index in [0.29, 0.717) is 0 Å². The van der Waals surface area contributed by atoms with E-state index in [9.17, 15) is 14.0 Å². The predicted octanol–water partition coefficient (Wildman–Crippen LogP) is 1.64. The number of rotatable bonds is 2. The van der Waals surface area contributed by atoms with Crippen LogP contribution in [0.3, 0.4) is 0 Å². The third kappa shape index (κ3) is 1.84. The monoisotopic (exact) mass is 238 g/mol. The molecule has 0 fully saturated rings. The first-order valence-electron chi connectivity index (χ1n) is 4.57. The highest BCUT2D eigenvalue weighted by Crippen LogP contribution is 2.23. The van der Waals surface area contributed by atoms with Crippen LogP contribution in [0.15, 0.2) is 27.4 Å². The second-order valence-corrected chi connectivity index (χ2v) is 3.26. The Labute approximate surface area is 94.0 Å². The fraction of sp³-hybridized carbons (Fsp3) is 0.0909. The Bertz CT molecular complexity index is 659. The van der Waals surface area contributed by atoms with Gasteiger partial charge in [0.15, 0.2) is 17.0 Å². The summed E-state index contributed by atoms with van der Waals surface area (Å²) < 4.78 is 23.0. The van der Waals surface area contributed by atoms with Crippen molar-refractivity contribution in [2.24, 2.45) is 0 Å². The van der Waals surface area contributed by atoms with Crippen molar-refractivity contribution in [3.05, 3.63) is 40.0 Å². The normalized spacial score (nSPS) is 10.5. The highest BCUT2D eigenvalue weighted by atomic mass is 19.1. The zero-order valence-electron chi connectivity index (χ0n) is 8.69. The Morgan fingerprint density at radius 2 is 2.12 bits per heavy atom. The van der Waals surface area contributed by atoms with E-state index in [1.54, 1.807) is 0 Å². The number of carboxylic acid groups (broad SMARTS) is 1. The zero-order chi connectivity index (χ0) is 12.6. The Balaban J connectivity index is 2.83. The Morgan fingerprint density at radius 3 is 2.71 bits per heavy atom. The molecule has 0 bridgehead atoms. The molecule has 2 rings (SSSR count). The van der Waals surface area contributed by atoms with Gasteiger partial charge >= 0.3 is 5.97 Å². The predicted molar refractivity (Wildman–Crippen MR) is 56.0 cm³/mol. The third-order valence-electron chi connectivity index (χ3n) is 2.21. The Kier molecular flexibility index (Phi) is 2.55. The maximum absolute atomic E-state index is 13.3. The quantitative estimate of drug-likeness (QED) is 0.860. The molecular weight excluding hydrogens is 231 g/mol. The lowest BCUT2D eigenvalue weighted by atomic mass is 10.2. The molecule has 0 aliphatic heterocycles. The molecule has 0 atom stereocenters. The largest absolute Gasteiger partial charge is 0.494 e. The molecule has 0 aliphatic carbocycles. The molecule has 0 unspecified atom stereocenters. The van der Waals surface area contributed by atoms with Gasteiger partial charge in [-0.05, 0) is 6.07 Å². The van der Waals surface area contributed by atoms with E-state index < -0.39 is 23.0 Å². The molecule has 88 valence electrons. The van der Waals surface area contributed by atoms with Crippen molar-refractivity contribution in [1.29, 1.82) is 0 Å². The summed E-state index contributed by atoms with van der Waals surface area (Å²) in [6.07, 6.45) is 0. The minimum atomic E-state index is -1.37. The van der Waals surface area contributed by atoms with Crippen LogP contribution in [-0.4, -0.2) is 18.2 Å². The number of aromatic carboxylic acids is 1. The molecule has 0 radical (unpaired) electrons. The third-order valence-corrected chi connectivity index (χ3v) is 2.21. The minimum Gasteiger partial charge on any atom is -0.494 e. The number of halogens is 1. The smallest absolute Gasteiger partial charge is 0.371 e. The number of benzene rings is 1. The molecule has 1 aromatic carbocycles. The van der Waals surface area contributed by atoms with Crippen LogP contribution in [0, 0.1) is 5.82 Å². The number of carboxylic acids is 1. The van der Waals surface area contributed by atoms with Gasteiger partial charge in [0, 0.05) is 12.1 Å². The van der Waals surface area contributed by atoms with Crippen molar-refractivity contribution in [2.75, 3.05) is 7.11 Å². The first-order valence-corrected chi connectivity index (χ1v) is 4.57. The summed E-state index contributed by atoms with van der Waals surface area (Å²) in [5.41, 5.74) is -0.654. The van der Waals surface area contributed by atoms with E-state index in [4.69, 9.17) is 14.3 Å². The van der Waals surface area contributed by atoms with Crippen molar-refractivity contribution in [3.63, 3.8) is 0 Å². The van der Waals surface area contributed by atoms with Crippen molar-refractivity contribution >= 4 is 16.9 Å². The number of methoxy groups -OCH3 is 1. The van der Waals surface area contributed by atoms with Crippen LogP contribution < -0.4 is 10.2 Å². The molecule has 5 nitrogen and oxygen atoms in total. The topological polar surface area (TPSA) is 76.7 Å². The highest BCUT2D eigenvalue weighted by Gasteiger charge is 2.13. The van der Waals surface area contributed by atoms with Crippen molar-refractivity contribution in [1.82, 2.24) is 0 Å². The van der Waals surface area contributed by atoms with Crippen LogP contribution in [0.2, 0.25) is 0 Å². The fourth-order valence-electron chi connectivity index (χ4n) is 1.42. The molecule has 2 aromatic rings. The maximum Gasteiger partial charge on any atom is 0.371 e. The fourth-order valence-corrected chi connectivity index (χ4v) is 1.42. The molecule has 0 amide bonds. The van der Waals surface area contributed by atoms with Crippen molar-refractivity contribution < 1.29 is 23.4 Å². The van der Waals surface area contributed by atoms with Gasteiger partial charge in [-0.2, -0.15) is 0 Å². The number of carbonyl (C=O) groups is 1. The summed E-state index contributed by atoms with van der Waals surface area (Å²) in [5, 5.41) is 8.68. The second kappa shape index (κ2) is 3.89. The first kappa shape index (κ1) is 11.1. The molecular formula is C11H7FO5. The molecule has 17 heavy (non-hydrogen) atoms. The zero-order valence-corrected chi connectivity index (χ0v) is 8.69. The van der Waals surface area contributed by atoms with Gasteiger partial charge in [-0.15, -0.1) is 0 Å². The standard InChI is InChI=1S/C11H7FO5/c1-16-9-4-8-5(2-6(9)12)7(13)3-10(17-8)11(14)15/h2-4H,1H3,(H,14,15). The summed E-state index contributed by atoms with van der Waals surface area (Å²) in [6.45, 7) is 0. The molecule has 1 aromatic heterocycles. The molecule has 0 spiro atoms. The van der Waals surface area contributed by atoms with E-state index in [-0.39, 0.29) is 16.7 Å². The van der Waals surface area contributed by atoms with Gasteiger partial charge in [-0.25, -0.2) is 9.18 Å². The van der Waals surface area contributed by atoms with E-state index in [1.165, 1.54) is 7.11 Å². The lowest BCUT2D eigenvalue weighted by Gasteiger charge is -2.03. The lowest BCUT2D eigenvalue weighted by molar-refractivity contribution is 0.0663. The lowest BCUT2D eigenvalue weighted by Crippen LogP contribution is -2.07. The maximum atomic E-state index is 13.3. The summed E-state index contributed by atoms with van der Waals surface area (Å²) in [5.74, 6) is -2.71. The molecule has 0 saturated carbocycles. The van der Waals surface area contributed by atoms with E-state index >= 15 is 0 Å². The van der Waals surface area contributed by atoms with Gasteiger partial charge in [0.25, 0.3) is 0 Å². The van der Waals surface area contributed by atoms with Gasteiger partial charge in [0.2, 0.25) is 5.76 Å². The molecule has 0 aliphatic rings. The van der Waals surface area contributed by atoms with E-state index in [2.05, 4.69) is 0 Å². The molecule has 1 heterocycles. The van der Waals surface area contributed by atoms with Crippen LogP contribution in [0.5, 0.6) is 5.75 Å². The average molecular weight is 238 g/mol. The summed E-state index contributed by atoms with van der Waals surface area (Å²) in [6, 6.07) is 2.89. The van der Waals surface area contributed by atoms with E-state index in [0.717, 1.165) is 18.2 Å². The van der Waals surface area contributed by atoms with E-state index in [1.807, 2.05) is 0 Å². The minimum absolute atomic E-state index is 0.0340. The number of hydrogen-bond donors (Lipinski definition) is 1. The Morgan fingerprint density at radius 1 is 1.41 bits per heavy atom. The summed E-state index contributed by atoms with van der Waals surface area (Å²) in [7, 11) is 1.25. The Hall–Kier alpha value is -2.37. The molecule has 6 heteroatoms. The number of fused-ring (bicyclic) bond motifs is 1. The van der Waals surface area contributed by atoms with Crippen molar-refractivity contribution in [2.45, 2.75) is 0 Å². The highest BCUT2D eigenvalue weighted by molar-refractivity contribution is 5.87. The van der Waals surface area contributed by atoms with Crippen molar-refractivity contribution in [3.8, 4) is 5.75 Å². The van der Waals surface area contributed by atoms with Crippen LogP contribution in [-0.2, 0) is 0 Å². The SMILES string of the molecule is COc1cc2oc(C(=O)O)cc(=O)c2cc1F. The number of hydrogen-bond acceptors (Lipinski definition) is 4. The van der Waals surface area contributed by atoms with Crippen LogP contribution >= 0.6 is 0 Å². The number of ether oxygens (including phenoxy) is 1. The van der Waals surface area contributed by atoms with Gasteiger partial charge in [0.1, 0.15) is 5.58 Å². The van der Waals surface area contributed by atoms with Crippen LogP contribution in [0.4, 0.5) is 4.39 Å². The first-order chi connectivity index (χ1) is 8.02. The van der Waals surface area contributed by atoms with Gasteiger partial charge in [0.05, 0.1) is 12.5 Å². The molecule has 0 saturated heterocycles.